The molecular weight excluding hydrogens is 542 g/mol. The second-order valence-corrected chi connectivity index (χ2v) is 13.1. The van der Waals surface area contributed by atoms with Gasteiger partial charge in [-0.25, -0.2) is 14.3 Å². The minimum atomic E-state index is -0.228. The van der Waals surface area contributed by atoms with Crippen LogP contribution in [0.15, 0.2) is 41.4 Å². The van der Waals surface area contributed by atoms with E-state index in [0.29, 0.717) is 22.5 Å². The minimum absolute atomic E-state index is 0.0471. The molecule has 0 radical (unpaired) electrons. The highest BCUT2D eigenvalue weighted by molar-refractivity contribution is 9.10. The van der Waals surface area contributed by atoms with E-state index in [1.54, 1.807) is 0 Å². The summed E-state index contributed by atoms with van der Waals surface area (Å²) in [7, 11) is 0. The van der Waals surface area contributed by atoms with Gasteiger partial charge >= 0.3 is 0 Å². The number of carbonyl (C=O) groups is 1. The monoisotopic (exact) mass is 577 g/mol. The largest absolute Gasteiger partial charge is 0.340 e. The predicted molar refractivity (Wildman–Crippen MR) is 148 cm³/mol. The lowest BCUT2D eigenvalue weighted by Gasteiger charge is -2.61. The summed E-state index contributed by atoms with van der Waals surface area (Å²) in [6.07, 6.45) is 8.44. The number of halogens is 1. The second kappa shape index (κ2) is 9.01. The van der Waals surface area contributed by atoms with Crippen molar-refractivity contribution in [3.8, 4) is 5.69 Å². The fourth-order valence-corrected chi connectivity index (χ4v) is 8.86. The highest BCUT2D eigenvalue weighted by Gasteiger charge is 2.62. The summed E-state index contributed by atoms with van der Waals surface area (Å²) >= 11 is 3.44. The Balaban J connectivity index is 1.05. The lowest BCUT2D eigenvalue weighted by atomic mass is 9.46. The summed E-state index contributed by atoms with van der Waals surface area (Å²) in [6.45, 7) is 8.59. The molecule has 1 aliphatic heterocycles. The van der Waals surface area contributed by atoms with Crippen LogP contribution < -0.4 is 0 Å². The smallest absolute Gasteiger partial charge is 0.228 e. The Morgan fingerprint density at radius 3 is 2.37 bits per heavy atom. The number of aromatic nitrogens is 5. The van der Waals surface area contributed by atoms with E-state index in [-0.39, 0.29) is 11.0 Å². The summed E-state index contributed by atoms with van der Waals surface area (Å²) in [4.78, 5) is 23.2. The number of para-hydroxylation sites is 1. The van der Waals surface area contributed by atoms with Crippen LogP contribution in [-0.4, -0.2) is 66.4 Å². The Hall–Kier alpha value is -2.52. The van der Waals surface area contributed by atoms with Crippen LogP contribution in [0.5, 0.6) is 0 Å². The first kappa shape index (κ1) is 24.5. The van der Waals surface area contributed by atoms with Gasteiger partial charge in [0.25, 0.3) is 0 Å². The number of piperazine rings is 1. The van der Waals surface area contributed by atoms with Crippen LogP contribution in [-0.2, 0) is 16.9 Å². The van der Waals surface area contributed by atoms with Gasteiger partial charge < -0.3 is 4.90 Å². The van der Waals surface area contributed by atoms with Crippen LogP contribution in [0.3, 0.4) is 0 Å². The summed E-state index contributed by atoms with van der Waals surface area (Å²) < 4.78 is 4.79. The Bertz CT molecular complexity index is 1340. The first-order valence-electron chi connectivity index (χ1n) is 14.0. The Morgan fingerprint density at radius 1 is 1.00 bits per heavy atom. The van der Waals surface area contributed by atoms with E-state index < -0.39 is 0 Å². The van der Waals surface area contributed by atoms with Gasteiger partial charge in [0.2, 0.25) is 10.6 Å². The highest BCUT2D eigenvalue weighted by atomic mass is 79.9. The molecule has 4 bridgehead atoms. The molecule has 3 heterocycles. The molecule has 38 heavy (non-hydrogen) atoms. The predicted octanol–water partition coefficient (Wildman–Crippen LogP) is 4.48. The molecule has 5 fully saturated rings. The van der Waals surface area contributed by atoms with E-state index in [1.807, 2.05) is 12.4 Å². The summed E-state index contributed by atoms with van der Waals surface area (Å²) in [5, 5.41) is 9.51. The molecule has 0 spiro atoms. The first-order valence-corrected chi connectivity index (χ1v) is 14.8. The van der Waals surface area contributed by atoms with Crippen LogP contribution in [0, 0.1) is 31.1 Å². The quantitative estimate of drug-likeness (QED) is 0.447. The maximum atomic E-state index is 14.2. The molecule has 200 valence electrons. The van der Waals surface area contributed by atoms with E-state index in [0.717, 1.165) is 76.2 Å². The van der Waals surface area contributed by atoms with Gasteiger partial charge in [-0.2, -0.15) is 5.10 Å². The molecule has 2 atom stereocenters. The zero-order valence-corrected chi connectivity index (χ0v) is 23.9. The fourth-order valence-electron chi connectivity index (χ4n) is 8.60. The molecule has 2 unspecified atom stereocenters. The van der Waals surface area contributed by atoms with E-state index >= 15 is 0 Å². The van der Waals surface area contributed by atoms with E-state index in [9.17, 15) is 4.79 Å². The lowest BCUT2D eigenvalue weighted by molar-refractivity contribution is -0.168. The van der Waals surface area contributed by atoms with Gasteiger partial charge in [0, 0.05) is 44.0 Å². The molecule has 8 rings (SSSR count). The third kappa shape index (κ3) is 3.96. The van der Waals surface area contributed by atoms with Gasteiger partial charge in [0.1, 0.15) is 6.33 Å². The summed E-state index contributed by atoms with van der Waals surface area (Å²) in [5.41, 5.74) is 4.41. The molecule has 1 saturated heterocycles. The Morgan fingerprint density at radius 2 is 1.71 bits per heavy atom. The fraction of sp³-hybridized carbons (Fsp3) is 0.586. The molecule has 2 aromatic heterocycles. The molecule has 3 aromatic rings. The van der Waals surface area contributed by atoms with Gasteiger partial charge in [-0.15, -0.1) is 5.10 Å². The number of aryl methyl sites for hydroxylation is 1. The van der Waals surface area contributed by atoms with Crippen LogP contribution in [0.25, 0.3) is 5.69 Å². The SMILES string of the molecule is Cc1nn(-c2ccccc2)c(C)c1CN1CCN(C(=O)C23CC4CC(C2)CC(n2cnc(Br)n2)(C4)C3)CC1. The van der Waals surface area contributed by atoms with Gasteiger partial charge in [0.15, 0.2) is 0 Å². The van der Waals surface area contributed by atoms with E-state index in [4.69, 9.17) is 5.10 Å². The molecule has 4 saturated carbocycles. The molecule has 8 nitrogen and oxygen atoms in total. The van der Waals surface area contributed by atoms with Crippen LogP contribution in [0.4, 0.5) is 0 Å². The van der Waals surface area contributed by atoms with Crippen molar-refractivity contribution in [2.24, 2.45) is 17.3 Å². The Kier molecular flexibility index (Phi) is 5.82. The second-order valence-electron chi connectivity index (χ2n) is 12.4. The Labute approximate surface area is 232 Å². The number of nitrogens with zero attached hydrogens (tertiary/aromatic N) is 7. The van der Waals surface area contributed by atoms with Gasteiger partial charge in [-0.1, -0.05) is 18.2 Å². The summed E-state index contributed by atoms with van der Waals surface area (Å²) in [6, 6.07) is 10.3. The molecule has 4 aliphatic carbocycles. The number of amides is 1. The van der Waals surface area contributed by atoms with Crippen molar-refractivity contribution >= 4 is 21.8 Å². The van der Waals surface area contributed by atoms with Gasteiger partial charge in [-0.3, -0.25) is 9.69 Å². The number of carbonyl (C=O) groups excluding carboxylic acids is 1. The third-order valence-electron chi connectivity index (χ3n) is 9.92. The number of hydrogen-bond donors (Lipinski definition) is 0. The third-order valence-corrected chi connectivity index (χ3v) is 10.3. The van der Waals surface area contributed by atoms with Gasteiger partial charge in [-0.05, 0) is 92.3 Å². The molecular formula is C29H36BrN7O. The molecule has 9 heteroatoms. The minimum Gasteiger partial charge on any atom is -0.340 e. The standard InChI is InChI=1S/C29H36BrN7O/c1-20-25(21(2)37(32-20)24-6-4-3-5-7-24)17-34-8-10-35(11-9-34)26(38)28-13-22-12-23(14-28)16-29(15-22,18-28)36-19-31-27(30)33-36/h3-7,19,22-23H,8-18H2,1-2H3. The number of benzene rings is 1. The van der Waals surface area contributed by atoms with Crippen molar-refractivity contribution < 1.29 is 4.79 Å². The molecule has 0 N–H and O–H groups in total. The van der Waals surface area contributed by atoms with Crippen LogP contribution >= 0.6 is 15.9 Å². The molecule has 1 amide bonds. The molecule has 5 aliphatic rings. The van der Waals surface area contributed by atoms with Crippen molar-refractivity contribution in [2.75, 3.05) is 26.2 Å². The van der Waals surface area contributed by atoms with Crippen molar-refractivity contribution in [1.82, 2.24) is 34.3 Å². The zero-order valence-electron chi connectivity index (χ0n) is 22.3. The highest BCUT2D eigenvalue weighted by Crippen LogP contribution is 2.64. The van der Waals surface area contributed by atoms with E-state index in [2.05, 4.69) is 83.3 Å². The first-order chi connectivity index (χ1) is 18.3. The van der Waals surface area contributed by atoms with Crippen molar-refractivity contribution in [1.29, 1.82) is 0 Å². The summed E-state index contributed by atoms with van der Waals surface area (Å²) in [5.74, 6) is 1.65. The van der Waals surface area contributed by atoms with Crippen LogP contribution in [0.2, 0.25) is 0 Å². The number of rotatable bonds is 5. The van der Waals surface area contributed by atoms with Crippen molar-refractivity contribution in [2.45, 2.75) is 64.5 Å². The van der Waals surface area contributed by atoms with Gasteiger partial charge in [0.05, 0.1) is 22.3 Å². The zero-order chi connectivity index (χ0) is 26.1. The molecule has 1 aromatic carbocycles. The number of hydrogen-bond acceptors (Lipinski definition) is 5. The lowest BCUT2D eigenvalue weighted by Crippen LogP contribution is -2.62. The topological polar surface area (TPSA) is 72.1 Å². The van der Waals surface area contributed by atoms with Crippen molar-refractivity contribution in [3.63, 3.8) is 0 Å². The normalized spacial score (nSPS) is 30.8. The van der Waals surface area contributed by atoms with E-state index in [1.165, 1.54) is 17.7 Å². The maximum absolute atomic E-state index is 14.2. The van der Waals surface area contributed by atoms with Crippen molar-refractivity contribution in [3.05, 3.63) is 58.3 Å². The van der Waals surface area contributed by atoms with Crippen LogP contribution in [0.1, 0.15) is 55.5 Å². The average Bonchev–Trinajstić information content (AvgIpc) is 3.47. The average molecular weight is 579 g/mol. The maximum Gasteiger partial charge on any atom is 0.228 e.